The van der Waals surface area contributed by atoms with Gasteiger partial charge < -0.3 is 19.1 Å². The van der Waals surface area contributed by atoms with Crippen LogP contribution in [0.1, 0.15) is 38.3 Å². The van der Waals surface area contributed by atoms with Crippen molar-refractivity contribution in [2.75, 3.05) is 31.3 Å². The Kier molecular flexibility index (Phi) is 5.75. The molecule has 160 valence electrons. The number of nitrogens with zero attached hydrogens (tertiary/aromatic N) is 1. The van der Waals surface area contributed by atoms with Crippen LogP contribution >= 0.6 is 23.2 Å². The number of rotatable bonds is 5. The summed E-state index contributed by atoms with van der Waals surface area (Å²) >= 11 is 12.7. The Labute approximate surface area is 186 Å². The lowest BCUT2D eigenvalue weighted by Crippen LogP contribution is -2.41. The van der Waals surface area contributed by atoms with Gasteiger partial charge in [-0.15, -0.1) is 0 Å². The monoisotopic (exact) mass is 449 g/mol. The van der Waals surface area contributed by atoms with Crippen LogP contribution in [0.25, 0.3) is 0 Å². The highest BCUT2D eigenvalue weighted by atomic mass is 35.5. The summed E-state index contributed by atoms with van der Waals surface area (Å²) in [5.41, 5.74) is 2.52. The summed E-state index contributed by atoms with van der Waals surface area (Å²) in [7, 11) is 0. The topological polar surface area (TPSA) is 48.0 Å². The lowest BCUT2D eigenvalue weighted by molar-refractivity contribution is -0.180. The van der Waals surface area contributed by atoms with Gasteiger partial charge in [-0.05, 0) is 41.7 Å². The van der Waals surface area contributed by atoms with E-state index >= 15 is 0 Å². The van der Waals surface area contributed by atoms with Crippen molar-refractivity contribution in [2.45, 2.75) is 38.4 Å². The highest BCUT2D eigenvalue weighted by Crippen LogP contribution is 2.50. The van der Waals surface area contributed by atoms with E-state index in [1.807, 2.05) is 12.1 Å². The molecule has 1 spiro atoms. The van der Waals surface area contributed by atoms with Crippen molar-refractivity contribution in [3.05, 3.63) is 57.6 Å². The number of amides is 1. The second-order valence-corrected chi connectivity index (χ2v) is 9.29. The number of hydrogen-bond donors (Lipinski definition) is 0. The van der Waals surface area contributed by atoms with Gasteiger partial charge in [0.2, 0.25) is 0 Å². The standard InChI is InChI=1S/C23H25Cl2NO4/c1-22(2,3)15-5-7-16(8-6-15)28-12-4-11-26-20-17(9-10-18(24)19(20)25)23(21(26)27)29-13-14-30-23/h5-10H,4,11-14H2,1-3H3. The van der Waals surface area contributed by atoms with Crippen LogP contribution in [0.15, 0.2) is 36.4 Å². The van der Waals surface area contributed by atoms with E-state index in [-0.39, 0.29) is 11.3 Å². The predicted octanol–water partition coefficient (Wildman–Crippen LogP) is 5.31. The highest BCUT2D eigenvalue weighted by Gasteiger charge is 2.56. The first-order valence-electron chi connectivity index (χ1n) is 10.1. The van der Waals surface area contributed by atoms with Crippen LogP contribution in [-0.4, -0.2) is 32.3 Å². The minimum Gasteiger partial charge on any atom is -0.494 e. The zero-order chi connectivity index (χ0) is 21.5. The number of carbonyl (C=O) groups is 1. The molecule has 0 N–H and O–H groups in total. The van der Waals surface area contributed by atoms with Crippen LogP contribution in [0.3, 0.4) is 0 Å². The number of halogens is 2. The maximum Gasteiger partial charge on any atom is 0.292 e. The van der Waals surface area contributed by atoms with E-state index in [9.17, 15) is 4.79 Å². The zero-order valence-electron chi connectivity index (χ0n) is 17.3. The Bertz CT molecular complexity index is 947. The van der Waals surface area contributed by atoms with Crippen molar-refractivity contribution in [3.8, 4) is 5.75 Å². The second-order valence-electron chi connectivity index (χ2n) is 8.50. The van der Waals surface area contributed by atoms with Gasteiger partial charge in [-0.1, -0.05) is 56.1 Å². The summed E-state index contributed by atoms with van der Waals surface area (Å²) in [5.74, 6) is -0.877. The SMILES string of the molecule is CC(C)(C)c1ccc(OCCCN2C(=O)C3(OCCO3)c3ccc(Cl)c(Cl)c32)cc1. The van der Waals surface area contributed by atoms with Crippen LogP contribution in [0.2, 0.25) is 10.0 Å². The molecule has 0 unspecified atom stereocenters. The molecule has 2 aromatic rings. The molecule has 2 aliphatic heterocycles. The van der Waals surface area contributed by atoms with Gasteiger partial charge in [0, 0.05) is 12.1 Å². The van der Waals surface area contributed by atoms with Crippen LogP contribution in [0.4, 0.5) is 5.69 Å². The number of hydrogen-bond acceptors (Lipinski definition) is 4. The summed E-state index contributed by atoms with van der Waals surface area (Å²) < 4.78 is 17.3. The minimum atomic E-state index is -1.41. The Balaban J connectivity index is 1.44. The lowest BCUT2D eigenvalue weighted by Gasteiger charge is -2.22. The van der Waals surface area contributed by atoms with Crippen molar-refractivity contribution >= 4 is 34.8 Å². The number of benzene rings is 2. The molecule has 30 heavy (non-hydrogen) atoms. The van der Waals surface area contributed by atoms with Gasteiger partial charge in [0.1, 0.15) is 5.75 Å². The molecule has 0 aliphatic carbocycles. The third-order valence-electron chi connectivity index (χ3n) is 5.43. The molecule has 0 saturated carbocycles. The van der Waals surface area contributed by atoms with E-state index in [0.29, 0.717) is 54.1 Å². The van der Waals surface area contributed by atoms with Crippen molar-refractivity contribution in [1.29, 1.82) is 0 Å². The molecular weight excluding hydrogens is 425 g/mol. The van der Waals surface area contributed by atoms with Crippen LogP contribution < -0.4 is 9.64 Å². The molecule has 7 heteroatoms. The number of fused-ring (bicyclic) bond motifs is 2. The van der Waals surface area contributed by atoms with Crippen molar-refractivity contribution in [1.82, 2.24) is 0 Å². The Morgan fingerprint density at radius 1 is 1.07 bits per heavy atom. The van der Waals surface area contributed by atoms with E-state index in [4.69, 9.17) is 37.4 Å². The van der Waals surface area contributed by atoms with Crippen LogP contribution in [0, 0.1) is 0 Å². The molecule has 0 radical (unpaired) electrons. The summed E-state index contributed by atoms with van der Waals surface area (Å²) in [5, 5.41) is 0.718. The Morgan fingerprint density at radius 2 is 1.73 bits per heavy atom. The van der Waals surface area contributed by atoms with Gasteiger partial charge in [0.25, 0.3) is 11.7 Å². The maximum absolute atomic E-state index is 13.2. The first kappa shape index (κ1) is 21.4. The van der Waals surface area contributed by atoms with Gasteiger partial charge in [0.15, 0.2) is 0 Å². The molecular formula is C23H25Cl2NO4. The molecule has 2 aliphatic rings. The molecule has 0 aromatic heterocycles. The molecule has 0 bridgehead atoms. The Morgan fingerprint density at radius 3 is 2.37 bits per heavy atom. The summed E-state index contributed by atoms with van der Waals surface area (Å²) in [4.78, 5) is 14.8. The maximum atomic E-state index is 13.2. The highest BCUT2D eigenvalue weighted by molar-refractivity contribution is 6.44. The van der Waals surface area contributed by atoms with E-state index < -0.39 is 5.79 Å². The predicted molar refractivity (Wildman–Crippen MR) is 118 cm³/mol. The molecule has 2 heterocycles. The van der Waals surface area contributed by atoms with Gasteiger partial charge in [-0.3, -0.25) is 4.79 Å². The summed E-state index contributed by atoms with van der Waals surface area (Å²) in [6.45, 7) is 8.11. The molecule has 4 rings (SSSR count). The third-order valence-corrected chi connectivity index (χ3v) is 6.22. The Hall–Kier alpha value is -1.79. The number of anilines is 1. The largest absolute Gasteiger partial charge is 0.494 e. The van der Waals surface area contributed by atoms with Crippen molar-refractivity contribution < 1.29 is 19.0 Å². The summed E-state index contributed by atoms with van der Waals surface area (Å²) in [6.07, 6.45) is 0.616. The smallest absolute Gasteiger partial charge is 0.292 e. The van der Waals surface area contributed by atoms with Crippen molar-refractivity contribution in [2.24, 2.45) is 0 Å². The third kappa shape index (κ3) is 3.69. The van der Waals surface area contributed by atoms with Gasteiger partial charge in [-0.25, -0.2) is 0 Å². The molecule has 2 aromatic carbocycles. The first-order valence-corrected chi connectivity index (χ1v) is 10.8. The number of carbonyl (C=O) groups excluding carboxylic acids is 1. The molecule has 1 amide bonds. The van der Waals surface area contributed by atoms with Crippen molar-refractivity contribution in [3.63, 3.8) is 0 Å². The van der Waals surface area contributed by atoms with E-state index in [2.05, 4.69) is 32.9 Å². The van der Waals surface area contributed by atoms with Crippen LogP contribution in [-0.2, 0) is 25.5 Å². The number of ether oxygens (including phenoxy) is 3. The lowest BCUT2D eigenvalue weighted by atomic mass is 9.87. The van der Waals surface area contributed by atoms with E-state index in [0.717, 1.165) is 5.75 Å². The average Bonchev–Trinajstić information content (AvgIpc) is 3.28. The van der Waals surface area contributed by atoms with E-state index in [1.165, 1.54) is 5.56 Å². The quantitative estimate of drug-likeness (QED) is 0.580. The van der Waals surface area contributed by atoms with E-state index in [1.54, 1.807) is 17.0 Å². The van der Waals surface area contributed by atoms with Gasteiger partial charge in [0.05, 0.1) is 35.6 Å². The van der Waals surface area contributed by atoms with Gasteiger partial charge in [-0.2, -0.15) is 0 Å². The van der Waals surface area contributed by atoms with Gasteiger partial charge >= 0.3 is 0 Å². The first-order chi connectivity index (χ1) is 14.2. The second kappa shape index (κ2) is 8.04. The fourth-order valence-corrected chi connectivity index (χ4v) is 4.25. The molecule has 5 nitrogen and oxygen atoms in total. The fraction of sp³-hybridized carbons (Fsp3) is 0.435. The van der Waals surface area contributed by atoms with Crippen LogP contribution in [0.5, 0.6) is 5.75 Å². The fourth-order valence-electron chi connectivity index (χ4n) is 3.83. The summed E-state index contributed by atoms with van der Waals surface area (Å²) in [6, 6.07) is 11.5. The average molecular weight is 450 g/mol. The molecule has 0 atom stereocenters. The normalized spacial score (nSPS) is 17.6. The molecule has 1 saturated heterocycles. The zero-order valence-corrected chi connectivity index (χ0v) is 18.8. The minimum absolute atomic E-state index is 0.100. The molecule has 1 fully saturated rings.